The molecule has 108 valence electrons. The third-order valence-electron chi connectivity index (χ3n) is 4.74. The highest BCUT2D eigenvalue weighted by atomic mass is 14.4. The van der Waals surface area contributed by atoms with Crippen molar-refractivity contribution in [1.29, 1.82) is 0 Å². The third-order valence-corrected chi connectivity index (χ3v) is 4.74. The summed E-state index contributed by atoms with van der Waals surface area (Å²) in [6, 6.07) is 0. The second-order valence-corrected chi connectivity index (χ2v) is 7.32. The molecule has 0 heteroatoms. The van der Waals surface area contributed by atoms with Crippen molar-refractivity contribution in [3.05, 3.63) is 23.3 Å². The van der Waals surface area contributed by atoms with Gasteiger partial charge >= 0.3 is 0 Å². The number of hydrogen-bond donors (Lipinski definition) is 0. The number of allylic oxidation sites excluding steroid dienone is 4. The topological polar surface area (TPSA) is 0 Å². The van der Waals surface area contributed by atoms with Gasteiger partial charge in [-0.3, -0.25) is 0 Å². The van der Waals surface area contributed by atoms with Gasteiger partial charge < -0.3 is 0 Å². The van der Waals surface area contributed by atoms with Crippen molar-refractivity contribution in [2.24, 2.45) is 5.41 Å². The first-order valence-corrected chi connectivity index (χ1v) is 8.56. The summed E-state index contributed by atoms with van der Waals surface area (Å²) in [5, 5.41) is 0. The molecule has 1 fully saturated rings. The van der Waals surface area contributed by atoms with Crippen molar-refractivity contribution in [3.63, 3.8) is 0 Å². The van der Waals surface area contributed by atoms with Crippen LogP contribution in [0.15, 0.2) is 23.3 Å². The van der Waals surface area contributed by atoms with E-state index in [-0.39, 0.29) is 0 Å². The van der Waals surface area contributed by atoms with Crippen LogP contribution in [0.1, 0.15) is 90.9 Å². The zero-order chi connectivity index (χ0) is 13.6. The molecule has 0 nitrogen and oxygen atoms in total. The van der Waals surface area contributed by atoms with Gasteiger partial charge in [-0.1, -0.05) is 38.8 Å². The van der Waals surface area contributed by atoms with Gasteiger partial charge in [-0.2, -0.15) is 0 Å². The molecule has 0 radical (unpaired) electrons. The highest BCUT2D eigenvalue weighted by molar-refractivity contribution is 5.31. The largest absolute Gasteiger partial charge is 0.0811 e. The molecular formula is C19H32. The van der Waals surface area contributed by atoms with Gasteiger partial charge in [-0.15, -0.1) is 0 Å². The Kier molecular flexibility index (Phi) is 5.73. The van der Waals surface area contributed by atoms with Gasteiger partial charge in [0, 0.05) is 0 Å². The molecule has 19 heavy (non-hydrogen) atoms. The van der Waals surface area contributed by atoms with Gasteiger partial charge in [-0.05, 0) is 80.8 Å². The van der Waals surface area contributed by atoms with E-state index in [2.05, 4.69) is 26.0 Å². The van der Waals surface area contributed by atoms with E-state index in [1.54, 1.807) is 11.1 Å². The number of rotatable bonds is 1. The molecule has 0 N–H and O–H groups in total. The first-order chi connectivity index (χ1) is 9.17. The standard InChI is InChI=1S/C14H22.C5H10/c1-2-6-10-13(9-5-1)14-11-7-3-4-8-12-14;1-5(2)3-4-5/h9,11H,1-8,10,12H2;3-4H2,1-2H3. The highest BCUT2D eigenvalue weighted by Gasteiger charge is 2.30. The molecule has 3 rings (SSSR count). The summed E-state index contributed by atoms with van der Waals surface area (Å²) in [4.78, 5) is 0. The summed E-state index contributed by atoms with van der Waals surface area (Å²) in [6.07, 6.45) is 21.8. The van der Waals surface area contributed by atoms with E-state index in [1.807, 2.05) is 0 Å². The normalized spacial score (nSPS) is 26.0. The predicted molar refractivity (Wildman–Crippen MR) is 85.4 cm³/mol. The molecule has 3 aliphatic carbocycles. The Labute approximate surface area is 120 Å². The van der Waals surface area contributed by atoms with Crippen LogP contribution >= 0.6 is 0 Å². The molecule has 3 aliphatic rings. The minimum atomic E-state index is 0.750. The summed E-state index contributed by atoms with van der Waals surface area (Å²) in [6.45, 7) is 4.60. The fraction of sp³-hybridized carbons (Fsp3) is 0.789. The van der Waals surface area contributed by atoms with E-state index in [0.717, 1.165) is 5.41 Å². The molecule has 0 saturated heterocycles. The average Bonchev–Trinajstić information content (AvgIpc) is 3.16. The van der Waals surface area contributed by atoms with E-state index in [0.29, 0.717) is 0 Å². The van der Waals surface area contributed by atoms with Crippen molar-refractivity contribution < 1.29 is 0 Å². The lowest BCUT2D eigenvalue weighted by Gasteiger charge is -2.09. The van der Waals surface area contributed by atoms with Gasteiger partial charge in [0.2, 0.25) is 0 Å². The molecule has 0 spiro atoms. The first kappa shape index (κ1) is 14.9. The van der Waals surface area contributed by atoms with E-state index in [1.165, 1.54) is 77.0 Å². The predicted octanol–water partition coefficient (Wildman–Crippen LogP) is 6.57. The SMILES string of the molecule is C1=C(C2=CCCCCC2)CCCCC1.CC1(C)CC1. The van der Waals surface area contributed by atoms with Crippen LogP contribution in [0, 0.1) is 5.41 Å². The van der Waals surface area contributed by atoms with E-state index in [9.17, 15) is 0 Å². The molecule has 0 aromatic heterocycles. The van der Waals surface area contributed by atoms with Crippen LogP contribution < -0.4 is 0 Å². The van der Waals surface area contributed by atoms with Crippen molar-refractivity contribution in [2.75, 3.05) is 0 Å². The van der Waals surface area contributed by atoms with Crippen LogP contribution in [0.3, 0.4) is 0 Å². The van der Waals surface area contributed by atoms with Gasteiger partial charge in [0.05, 0.1) is 0 Å². The van der Waals surface area contributed by atoms with Gasteiger partial charge in [0.25, 0.3) is 0 Å². The fourth-order valence-electron chi connectivity index (χ4n) is 2.86. The maximum atomic E-state index is 2.52. The lowest BCUT2D eigenvalue weighted by atomic mass is 9.97. The Hall–Kier alpha value is -0.520. The van der Waals surface area contributed by atoms with E-state index in [4.69, 9.17) is 0 Å². The zero-order valence-corrected chi connectivity index (χ0v) is 13.1. The molecule has 0 aliphatic heterocycles. The first-order valence-electron chi connectivity index (χ1n) is 8.56. The minimum Gasteiger partial charge on any atom is -0.0811 e. The Balaban J connectivity index is 0.000000224. The Morgan fingerprint density at radius 1 is 0.684 bits per heavy atom. The Morgan fingerprint density at radius 3 is 1.47 bits per heavy atom. The smallest absolute Gasteiger partial charge is 0.0279 e. The van der Waals surface area contributed by atoms with E-state index >= 15 is 0 Å². The summed E-state index contributed by atoms with van der Waals surface area (Å²) in [5.74, 6) is 0. The molecule has 0 aromatic carbocycles. The highest BCUT2D eigenvalue weighted by Crippen LogP contribution is 2.43. The molecule has 0 atom stereocenters. The van der Waals surface area contributed by atoms with Crippen LogP contribution in [0.2, 0.25) is 0 Å². The Bertz CT molecular complexity index is 298. The average molecular weight is 260 g/mol. The van der Waals surface area contributed by atoms with Gasteiger partial charge in [0.1, 0.15) is 0 Å². The minimum absolute atomic E-state index is 0.750. The van der Waals surface area contributed by atoms with Crippen molar-refractivity contribution >= 4 is 0 Å². The summed E-state index contributed by atoms with van der Waals surface area (Å²) in [7, 11) is 0. The monoisotopic (exact) mass is 260 g/mol. The molecule has 0 aromatic rings. The molecular weight excluding hydrogens is 228 g/mol. The molecule has 0 heterocycles. The molecule has 1 saturated carbocycles. The maximum absolute atomic E-state index is 2.52. The fourth-order valence-corrected chi connectivity index (χ4v) is 2.86. The van der Waals surface area contributed by atoms with Crippen LogP contribution in [0.4, 0.5) is 0 Å². The second-order valence-electron chi connectivity index (χ2n) is 7.32. The van der Waals surface area contributed by atoms with Crippen molar-refractivity contribution in [2.45, 2.75) is 90.9 Å². The van der Waals surface area contributed by atoms with Crippen LogP contribution in [-0.2, 0) is 0 Å². The maximum Gasteiger partial charge on any atom is -0.0279 e. The van der Waals surface area contributed by atoms with Crippen LogP contribution in [0.5, 0.6) is 0 Å². The van der Waals surface area contributed by atoms with Crippen molar-refractivity contribution in [1.82, 2.24) is 0 Å². The quantitative estimate of drug-likeness (QED) is 0.500. The third kappa shape index (κ3) is 5.97. The van der Waals surface area contributed by atoms with Crippen LogP contribution in [0.25, 0.3) is 0 Å². The van der Waals surface area contributed by atoms with Crippen molar-refractivity contribution in [3.8, 4) is 0 Å². The molecule has 0 amide bonds. The van der Waals surface area contributed by atoms with E-state index < -0.39 is 0 Å². The van der Waals surface area contributed by atoms with Gasteiger partial charge in [0.15, 0.2) is 0 Å². The lowest BCUT2D eigenvalue weighted by Crippen LogP contribution is -1.89. The number of hydrogen-bond acceptors (Lipinski definition) is 0. The summed E-state index contributed by atoms with van der Waals surface area (Å²) < 4.78 is 0. The lowest BCUT2D eigenvalue weighted by molar-refractivity contribution is 0.653. The summed E-state index contributed by atoms with van der Waals surface area (Å²) >= 11 is 0. The second kappa shape index (κ2) is 7.31. The molecule has 0 bridgehead atoms. The molecule has 0 unspecified atom stereocenters. The van der Waals surface area contributed by atoms with Gasteiger partial charge in [-0.25, -0.2) is 0 Å². The Morgan fingerprint density at radius 2 is 1.11 bits per heavy atom. The summed E-state index contributed by atoms with van der Waals surface area (Å²) in [5.41, 5.74) is 4.15. The zero-order valence-electron chi connectivity index (χ0n) is 13.1. The van der Waals surface area contributed by atoms with Crippen LogP contribution in [-0.4, -0.2) is 0 Å².